The fourth-order valence-electron chi connectivity index (χ4n) is 2.73. The molecule has 0 heterocycles. The van der Waals surface area contributed by atoms with Crippen LogP contribution in [0.25, 0.3) is 0 Å². The molecule has 1 rings (SSSR count). The summed E-state index contributed by atoms with van der Waals surface area (Å²) < 4.78 is 5.00. The molecule has 3 N–H and O–H groups in total. The highest BCUT2D eigenvalue weighted by Crippen LogP contribution is 2.36. The number of rotatable bonds is 5. The van der Waals surface area contributed by atoms with Gasteiger partial charge in [-0.1, -0.05) is 13.8 Å². The van der Waals surface area contributed by atoms with Crippen molar-refractivity contribution in [1.82, 2.24) is 5.32 Å². The van der Waals surface area contributed by atoms with E-state index in [2.05, 4.69) is 19.2 Å². The maximum absolute atomic E-state index is 11.7. The fraction of sp³-hybridized carbons (Fsp3) is 0.917. The van der Waals surface area contributed by atoms with Crippen LogP contribution in [0.3, 0.4) is 0 Å². The maximum Gasteiger partial charge on any atom is 0.238 e. The van der Waals surface area contributed by atoms with Gasteiger partial charge in [-0.15, -0.1) is 0 Å². The number of hydrogen-bond donors (Lipinski definition) is 2. The van der Waals surface area contributed by atoms with Crippen molar-refractivity contribution in [3.05, 3.63) is 0 Å². The van der Waals surface area contributed by atoms with E-state index in [9.17, 15) is 4.79 Å². The number of carbonyl (C=O) groups is 1. The van der Waals surface area contributed by atoms with Gasteiger partial charge in [-0.25, -0.2) is 0 Å². The van der Waals surface area contributed by atoms with Crippen LogP contribution in [0.5, 0.6) is 0 Å². The monoisotopic (exact) mass is 228 g/mol. The van der Waals surface area contributed by atoms with Crippen molar-refractivity contribution < 1.29 is 9.53 Å². The van der Waals surface area contributed by atoms with Crippen LogP contribution in [-0.2, 0) is 9.53 Å². The summed E-state index contributed by atoms with van der Waals surface area (Å²) in [6.45, 7) is 5.63. The lowest BCUT2D eigenvalue weighted by molar-refractivity contribution is -0.128. The predicted molar refractivity (Wildman–Crippen MR) is 64.0 cm³/mol. The van der Waals surface area contributed by atoms with Gasteiger partial charge in [-0.3, -0.25) is 4.79 Å². The first-order chi connectivity index (χ1) is 7.53. The molecule has 0 bridgehead atoms. The summed E-state index contributed by atoms with van der Waals surface area (Å²) in [7, 11) is 1.66. The Morgan fingerprint density at radius 1 is 1.56 bits per heavy atom. The molecule has 0 aromatic heterocycles. The van der Waals surface area contributed by atoms with E-state index >= 15 is 0 Å². The molecule has 1 aliphatic rings. The van der Waals surface area contributed by atoms with Crippen LogP contribution < -0.4 is 11.1 Å². The lowest BCUT2D eigenvalue weighted by atomic mass is 9.69. The smallest absolute Gasteiger partial charge is 0.238 e. The van der Waals surface area contributed by atoms with Crippen LogP contribution >= 0.6 is 0 Å². The molecule has 1 aliphatic carbocycles. The first-order valence-corrected chi connectivity index (χ1v) is 6.06. The van der Waals surface area contributed by atoms with E-state index in [-0.39, 0.29) is 5.91 Å². The third-order valence-corrected chi connectivity index (χ3v) is 3.81. The Kier molecular flexibility index (Phi) is 4.74. The van der Waals surface area contributed by atoms with Crippen molar-refractivity contribution >= 4 is 5.91 Å². The number of carbonyl (C=O) groups excluding carboxylic acids is 1. The molecule has 4 heteroatoms. The molecule has 0 aliphatic heterocycles. The quantitative estimate of drug-likeness (QED) is 0.687. The minimum atomic E-state index is -0.523. The lowest BCUT2D eigenvalue weighted by Crippen LogP contribution is -2.62. The van der Waals surface area contributed by atoms with E-state index in [0.29, 0.717) is 25.0 Å². The summed E-state index contributed by atoms with van der Waals surface area (Å²) in [5, 5.41) is 3.31. The standard InChI is InChI=1S/C12H24N2O2/c1-9-4-5-12(11(13)15,10(2)8-9)14-6-7-16-3/h9-10,14H,4-8H2,1-3H3,(H2,13,15). The molecule has 16 heavy (non-hydrogen) atoms. The predicted octanol–water partition coefficient (Wildman–Crippen LogP) is 0.903. The second kappa shape index (κ2) is 5.64. The summed E-state index contributed by atoms with van der Waals surface area (Å²) in [5.74, 6) is 0.764. The van der Waals surface area contributed by atoms with E-state index < -0.39 is 5.54 Å². The molecule has 1 amide bonds. The molecule has 0 saturated heterocycles. The number of primary amides is 1. The molecule has 0 aromatic carbocycles. The van der Waals surface area contributed by atoms with E-state index in [1.165, 1.54) is 0 Å². The Hall–Kier alpha value is -0.610. The van der Waals surface area contributed by atoms with Crippen LogP contribution in [-0.4, -0.2) is 31.7 Å². The van der Waals surface area contributed by atoms with Crippen molar-refractivity contribution in [3.63, 3.8) is 0 Å². The third kappa shape index (κ3) is 2.74. The van der Waals surface area contributed by atoms with Gasteiger partial charge in [0.2, 0.25) is 5.91 Å². The highest BCUT2D eigenvalue weighted by Gasteiger charge is 2.44. The molecule has 3 unspecified atom stereocenters. The highest BCUT2D eigenvalue weighted by atomic mass is 16.5. The van der Waals surface area contributed by atoms with Crippen molar-refractivity contribution in [3.8, 4) is 0 Å². The Bertz CT molecular complexity index is 245. The molecule has 1 saturated carbocycles. The van der Waals surface area contributed by atoms with Crippen LogP contribution in [0, 0.1) is 11.8 Å². The lowest BCUT2D eigenvalue weighted by Gasteiger charge is -2.43. The number of nitrogens with two attached hydrogens (primary N) is 1. The Balaban J connectivity index is 2.68. The van der Waals surface area contributed by atoms with E-state index in [1.807, 2.05) is 0 Å². The largest absolute Gasteiger partial charge is 0.383 e. The molecule has 0 radical (unpaired) electrons. The number of amides is 1. The Morgan fingerprint density at radius 2 is 2.25 bits per heavy atom. The molecule has 4 nitrogen and oxygen atoms in total. The fourth-order valence-corrected chi connectivity index (χ4v) is 2.73. The van der Waals surface area contributed by atoms with Crippen LogP contribution in [0.15, 0.2) is 0 Å². The first kappa shape index (κ1) is 13.5. The second-order valence-electron chi connectivity index (χ2n) is 5.04. The van der Waals surface area contributed by atoms with Gasteiger partial charge >= 0.3 is 0 Å². The van der Waals surface area contributed by atoms with Gasteiger partial charge in [0.15, 0.2) is 0 Å². The van der Waals surface area contributed by atoms with E-state index in [0.717, 1.165) is 19.3 Å². The molecule has 0 spiro atoms. The van der Waals surface area contributed by atoms with Crippen LogP contribution in [0.1, 0.15) is 33.1 Å². The summed E-state index contributed by atoms with van der Waals surface area (Å²) >= 11 is 0. The van der Waals surface area contributed by atoms with Gasteiger partial charge in [0.1, 0.15) is 5.54 Å². The Labute approximate surface area is 97.9 Å². The topological polar surface area (TPSA) is 64.3 Å². The zero-order valence-corrected chi connectivity index (χ0v) is 10.6. The third-order valence-electron chi connectivity index (χ3n) is 3.81. The van der Waals surface area contributed by atoms with Crippen LogP contribution in [0.4, 0.5) is 0 Å². The van der Waals surface area contributed by atoms with Crippen molar-refractivity contribution in [1.29, 1.82) is 0 Å². The van der Waals surface area contributed by atoms with Crippen molar-refractivity contribution in [2.24, 2.45) is 17.6 Å². The van der Waals surface area contributed by atoms with Crippen molar-refractivity contribution in [2.45, 2.75) is 38.6 Å². The molecule has 0 aromatic rings. The van der Waals surface area contributed by atoms with Gasteiger partial charge in [-0.05, 0) is 31.1 Å². The van der Waals surface area contributed by atoms with Gasteiger partial charge in [0, 0.05) is 13.7 Å². The van der Waals surface area contributed by atoms with Gasteiger partial charge in [0.25, 0.3) is 0 Å². The molecule has 3 atom stereocenters. The first-order valence-electron chi connectivity index (χ1n) is 6.06. The Morgan fingerprint density at radius 3 is 2.75 bits per heavy atom. The minimum Gasteiger partial charge on any atom is -0.383 e. The number of methoxy groups -OCH3 is 1. The second-order valence-corrected chi connectivity index (χ2v) is 5.04. The van der Waals surface area contributed by atoms with E-state index in [4.69, 9.17) is 10.5 Å². The number of nitrogens with one attached hydrogen (secondary N) is 1. The summed E-state index contributed by atoms with van der Waals surface area (Å²) in [6, 6.07) is 0. The molecule has 94 valence electrons. The summed E-state index contributed by atoms with van der Waals surface area (Å²) in [4.78, 5) is 11.7. The molecular weight excluding hydrogens is 204 g/mol. The summed E-state index contributed by atoms with van der Waals surface area (Å²) in [6.07, 6.45) is 2.96. The normalized spacial score (nSPS) is 34.9. The minimum absolute atomic E-state index is 0.219. The van der Waals surface area contributed by atoms with E-state index in [1.54, 1.807) is 7.11 Å². The van der Waals surface area contributed by atoms with Gasteiger partial charge in [-0.2, -0.15) is 0 Å². The zero-order chi connectivity index (χ0) is 12.2. The molecule has 1 fully saturated rings. The number of hydrogen-bond acceptors (Lipinski definition) is 3. The zero-order valence-electron chi connectivity index (χ0n) is 10.6. The SMILES string of the molecule is COCCNC1(C(N)=O)CCC(C)CC1C. The van der Waals surface area contributed by atoms with Crippen molar-refractivity contribution in [2.75, 3.05) is 20.3 Å². The average molecular weight is 228 g/mol. The maximum atomic E-state index is 11.7. The van der Waals surface area contributed by atoms with Gasteiger partial charge < -0.3 is 15.8 Å². The average Bonchev–Trinajstić information content (AvgIpc) is 2.21. The number of ether oxygens (including phenoxy) is 1. The van der Waals surface area contributed by atoms with Crippen LogP contribution in [0.2, 0.25) is 0 Å². The molecular formula is C12H24N2O2. The highest BCUT2D eigenvalue weighted by molar-refractivity contribution is 5.85. The summed E-state index contributed by atoms with van der Waals surface area (Å²) in [5.41, 5.74) is 5.06. The van der Waals surface area contributed by atoms with Gasteiger partial charge in [0.05, 0.1) is 6.61 Å².